The van der Waals surface area contributed by atoms with Crippen molar-refractivity contribution < 1.29 is 52.3 Å². The Bertz CT molecular complexity index is 2040. The van der Waals surface area contributed by atoms with Crippen molar-refractivity contribution in [2.45, 2.75) is 85.8 Å². The molecule has 0 aliphatic carbocycles. The summed E-state index contributed by atoms with van der Waals surface area (Å²) >= 11 is 0. The molecule has 2 N–H and O–H groups in total. The van der Waals surface area contributed by atoms with E-state index in [4.69, 9.17) is 33.2 Å². The second-order valence-corrected chi connectivity index (χ2v) is 15.7. The van der Waals surface area contributed by atoms with E-state index in [2.05, 4.69) is 22.5 Å². The predicted molar refractivity (Wildman–Crippen MR) is 252 cm³/mol. The van der Waals surface area contributed by atoms with Gasteiger partial charge in [0.25, 0.3) is 0 Å². The van der Waals surface area contributed by atoms with Crippen molar-refractivity contribution in [2.75, 3.05) is 84.6 Å². The molecule has 1 aromatic heterocycles. The number of carbonyl (C=O) groups excluding carboxylic acids is 4. The molecule has 0 bridgehead atoms. The van der Waals surface area contributed by atoms with Crippen molar-refractivity contribution in [3.63, 3.8) is 0 Å². The van der Waals surface area contributed by atoms with Crippen LogP contribution in [-0.2, 0) is 42.8 Å². The number of nitrogens with one attached hydrogen (secondary N) is 2. The van der Waals surface area contributed by atoms with Gasteiger partial charge in [0, 0.05) is 31.2 Å². The lowest BCUT2D eigenvalue weighted by Gasteiger charge is -2.27. The molecule has 15 nitrogen and oxygen atoms in total. The summed E-state index contributed by atoms with van der Waals surface area (Å²) in [7, 11) is 1.29. The van der Waals surface area contributed by atoms with E-state index in [0.717, 1.165) is 46.2 Å². The van der Waals surface area contributed by atoms with E-state index in [-0.39, 0.29) is 31.8 Å². The van der Waals surface area contributed by atoms with Crippen LogP contribution in [0.3, 0.4) is 0 Å². The third-order valence-electron chi connectivity index (χ3n) is 9.41. The summed E-state index contributed by atoms with van der Waals surface area (Å²) in [4.78, 5) is 57.1. The number of benzene rings is 3. The molecule has 4 aromatic rings. The van der Waals surface area contributed by atoms with Gasteiger partial charge in [-0.05, 0) is 86.4 Å². The minimum absolute atomic E-state index is 0.0468. The number of hydrogen-bond acceptors (Lipinski definition) is 12. The zero-order chi connectivity index (χ0) is 47.5. The molecule has 3 amide bonds. The third-order valence-corrected chi connectivity index (χ3v) is 9.41. The average Bonchev–Trinajstić information content (AvgIpc) is 3.29. The van der Waals surface area contributed by atoms with Crippen molar-refractivity contribution in [1.82, 2.24) is 15.6 Å². The van der Waals surface area contributed by atoms with Gasteiger partial charge in [-0.3, -0.25) is 19.3 Å². The quantitative estimate of drug-likeness (QED) is 0.0435. The molecule has 4 rings (SSSR count). The molecule has 1 heterocycles. The molecule has 65 heavy (non-hydrogen) atoms. The van der Waals surface area contributed by atoms with E-state index >= 15 is 0 Å². The fourth-order valence-corrected chi connectivity index (χ4v) is 6.36. The van der Waals surface area contributed by atoms with Crippen LogP contribution < -0.4 is 20.3 Å². The molecule has 15 heteroatoms. The maximum absolute atomic E-state index is 13.1. The lowest BCUT2D eigenvalue weighted by molar-refractivity contribution is -0.141. The van der Waals surface area contributed by atoms with Gasteiger partial charge >= 0.3 is 12.1 Å². The molecule has 0 saturated carbocycles. The lowest BCUT2D eigenvalue weighted by atomic mass is 9.95. The number of ether oxygens (including phenoxy) is 7. The van der Waals surface area contributed by atoms with Gasteiger partial charge in [0.1, 0.15) is 23.8 Å². The van der Waals surface area contributed by atoms with Gasteiger partial charge in [-0.1, -0.05) is 75.4 Å². The van der Waals surface area contributed by atoms with E-state index in [1.165, 1.54) is 12.0 Å². The molecule has 0 aliphatic rings. The van der Waals surface area contributed by atoms with Gasteiger partial charge in [-0.15, -0.1) is 0 Å². The Kier molecular flexibility index (Phi) is 24.6. The maximum Gasteiger partial charge on any atom is 0.416 e. The fourth-order valence-electron chi connectivity index (χ4n) is 6.36. The smallest absolute Gasteiger partial charge is 0.416 e. The Morgan fingerprint density at radius 2 is 1.37 bits per heavy atom. The number of anilines is 1. The van der Waals surface area contributed by atoms with Crippen LogP contribution in [-0.4, -0.2) is 114 Å². The van der Waals surface area contributed by atoms with Crippen LogP contribution in [0, 0.1) is 6.92 Å². The SMILES string of the molecule is CC.CCCOCCOCCOCCOCCOc1ccc(-c2ccc(C(CC(=O)OC)NC(=O)CNC(=O)CCCN(C(=O)OC(C)(C)C)c3cc(C)ccn3)cc2)c2ccccc12. The summed E-state index contributed by atoms with van der Waals surface area (Å²) in [5.74, 6) is -0.202. The monoisotopic (exact) mass is 903 g/mol. The Labute approximate surface area is 384 Å². The highest BCUT2D eigenvalue weighted by Crippen LogP contribution is 2.35. The molecular formula is C50H70N4O11. The molecule has 356 valence electrons. The summed E-state index contributed by atoms with van der Waals surface area (Å²) in [5.41, 5.74) is 2.80. The molecular weight excluding hydrogens is 833 g/mol. The normalized spacial score (nSPS) is 11.5. The first-order valence-corrected chi connectivity index (χ1v) is 22.5. The number of pyridine rings is 1. The largest absolute Gasteiger partial charge is 0.491 e. The van der Waals surface area contributed by atoms with Crippen LogP contribution in [0.4, 0.5) is 10.6 Å². The second kappa shape index (κ2) is 29.8. The summed E-state index contributed by atoms with van der Waals surface area (Å²) in [6.07, 6.45) is 2.26. The number of fused-ring (bicyclic) bond motifs is 1. The van der Waals surface area contributed by atoms with E-state index in [1.807, 2.05) is 87.5 Å². The number of esters is 1. The molecule has 1 unspecified atom stereocenters. The first-order chi connectivity index (χ1) is 31.4. The molecule has 1 atom stereocenters. The summed E-state index contributed by atoms with van der Waals surface area (Å²) < 4.78 is 38.7. The Morgan fingerprint density at radius 3 is 1.97 bits per heavy atom. The van der Waals surface area contributed by atoms with Crippen LogP contribution in [0.2, 0.25) is 0 Å². The van der Waals surface area contributed by atoms with Crippen molar-refractivity contribution in [1.29, 1.82) is 0 Å². The predicted octanol–water partition coefficient (Wildman–Crippen LogP) is 8.15. The topological polar surface area (TPSA) is 173 Å². The van der Waals surface area contributed by atoms with Gasteiger partial charge in [-0.2, -0.15) is 0 Å². The Hall–Kier alpha value is -5.61. The summed E-state index contributed by atoms with van der Waals surface area (Å²) in [6.45, 7) is 17.8. The lowest BCUT2D eigenvalue weighted by Crippen LogP contribution is -2.40. The van der Waals surface area contributed by atoms with Crippen LogP contribution in [0.25, 0.3) is 21.9 Å². The highest BCUT2D eigenvalue weighted by atomic mass is 16.6. The van der Waals surface area contributed by atoms with Gasteiger partial charge in [-0.25, -0.2) is 9.78 Å². The second-order valence-electron chi connectivity index (χ2n) is 15.7. The Morgan fingerprint density at radius 1 is 0.754 bits per heavy atom. The number of aryl methyl sites for hydroxylation is 1. The van der Waals surface area contributed by atoms with Crippen molar-refractivity contribution in [3.05, 3.63) is 90.1 Å². The molecule has 0 saturated heterocycles. The first kappa shape index (κ1) is 53.7. The van der Waals surface area contributed by atoms with E-state index in [9.17, 15) is 19.2 Å². The van der Waals surface area contributed by atoms with E-state index in [0.29, 0.717) is 70.7 Å². The highest BCUT2D eigenvalue weighted by Gasteiger charge is 2.25. The number of amides is 3. The van der Waals surface area contributed by atoms with Gasteiger partial charge in [0.05, 0.1) is 72.4 Å². The van der Waals surface area contributed by atoms with E-state index in [1.54, 1.807) is 33.0 Å². The van der Waals surface area contributed by atoms with Gasteiger partial charge in [0.15, 0.2) is 0 Å². The number of hydrogen-bond donors (Lipinski definition) is 2. The number of rotatable bonds is 27. The minimum Gasteiger partial charge on any atom is -0.491 e. The van der Waals surface area contributed by atoms with E-state index < -0.39 is 29.6 Å². The molecule has 3 aromatic carbocycles. The highest BCUT2D eigenvalue weighted by molar-refractivity contribution is 6.00. The average molecular weight is 903 g/mol. The first-order valence-electron chi connectivity index (χ1n) is 22.5. The zero-order valence-corrected chi connectivity index (χ0v) is 39.6. The molecule has 0 aliphatic heterocycles. The van der Waals surface area contributed by atoms with Crippen LogP contribution in [0.1, 0.15) is 84.4 Å². The van der Waals surface area contributed by atoms with Crippen LogP contribution in [0.15, 0.2) is 79.0 Å². The zero-order valence-electron chi connectivity index (χ0n) is 39.6. The van der Waals surface area contributed by atoms with Gasteiger partial charge < -0.3 is 43.8 Å². The molecule has 0 fully saturated rings. The van der Waals surface area contributed by atoms with Crippen LogP contribution in [0.5, 0.6) is 5.75 Å². The minimum atomic E-state index is -0.718. The molecule has 0 radical (unpaired) electrons. The van der Waals surface area contributed by atoms with Crippen LogP contribution >= 0.6 is 0 Å². The standard InChI is InChI=1S/C48H64N4O11.C2H6/c1-7-23-58-24-25-59-26-27-60-28-29-61-30-31-62-42-19-18-38(39-11-8-9-12-40(39)42)36-14-16-37(17-15-36)41(33-46(55)57-6)51-45(54)34-50-44(53)13-10-22-52(47(56)63-48(3,4)5)43-32-35(2)20-21-49-43;1-2/h8-9,11-12,14-21,32,41H,7,10,13,22-31,33-34H2,1-6H3,(H,50,53)(H,51,54);1-2H3. The Balaban J connectivity index is 0.00000553. The molecule has 0 spiro atoms. The summed E-state index contributed by atoms with van der Waals surface area (Å²) in [6, 6.07) is 22.4. The van der Waals surface area contributed by atoms with Crippen molar-refractivity contribution in [2.24, 2.45) is 0 Å². The number of aromatic nitrogens is 1. The number of carbonyl (C=O) groups is 4. The van der Waals surface area contributed by atoms with Crippen molar-refractivity contribution in [3.8, 4) is 16.9 Å². The third kappa shape index (κ3) is 20.0. The number of nitrogens with zero attached hydrogens (tertiary/aromatic N) is 2. The maximum atomic E-state index is 13.1. The van der Waals surface area contributed by atoms with Crippen molar-refractivity contribution >= 4 is 40.5 Å². The van der Waals surface area contributed by atoms with Gasteiger partial charge in [0.2, 0.25) is 11.8 Å². The fraction of sp³-hybridized carbons (Fsp3) is 0.500. The summed E-state index contributed by atoms with van der Waals surface area (Å²) in [5, 5.41) is 7.45. The number of methoxy groups -OCH3 is 1.